The first kappa shape index (κ1) is 25.4. The van der Waals surface area contributed by atoms with Gasteiger partial charge < -0.3 is 9.47 Å². The van der Waals surface area contributed by atoms with Crippen LogP contribution in [0.3, 0.4) is 0 Å². The van der Waals surface area contributed by atoms with Crippen LogP contribution >= 0.6 is 28.1 Å². The number of thiocarbonyl (C=S) groups is 1. The van der Waals surface area contributed by atoms with Crippen LogP contribution in [0, 0.1) is 0 Å². The first-order valence-electron chi connectivity index (χ1n) is 11.7. The number of hydrogen-bond donors (Lipinski definition) is 1. The Morgan fingerprint density at radius 3 is 2.18 bits per heavy atom. The summed E-state index contributed by atoms with van der Waals surface area (Å²) in [5, 5.41) is 2.62. The van der Waals surface area contributed by atoms with Crippen molar-refractivity contribution in [2.45, 2.75) is 6.61 Å². The van der Waals surface area contributed by atoms with E-state index in [0.29, 0.717) is 39.6 Å². The van der Waals surface area contributed by atoms with E-state index < -0.39 is 11.8 Å². The summed E-state index contributed by atoms with van der Waals surface area (Å²) in [5.74, 6) is 0.882. The fourth-order valence-corrected chi connectivity index (χ4v) is 4.60. The fourth-order valence-electron chi connectivity index (χ4n) is 3.81. The van der Waals surface area contributed by atoms with Gasteiger partial charge in [0.05, 0.1) is 10.2 Å². The number of carbonyl (C=O) groups excluding carboxylic acids is 2. The van der Waals surface area contributed by atoms with Crippen LogP contribution in [0.2, 0.25) is 0 Å². The molecule has 6 nitrogen and oxygen atoms in total. The number of halogens is 1. The second-order valence-electron chi connectivity index (χ2n) is 8.33. The van der Waals surface area contributed by atoms with Crippen molar-refractivity contribution in [3.8, 4) is 17.2 Å². The summed E-state index contributed by atoms with van der Waals surface area (Å²) in [6, 6.07) is 31.5. The summed E-state index contributed by atoms with van der Waals surface area (Å²) < 4.78 is 12.4. The largest absolute Gasteiger partial charge is 0.488 e. The number of carbonyl (C=O) groups is 2. The highest BCUT2D eigenvalue weighted by Gasteiger charge is 2.34. The summed E-state index contributed by atoms with van der Waals surface area (Å²) in [7, 11) is 0. The van der Waals surface area contributed by atoms with Crippen LogP contribution in [0.5, 0.6) is 17.2 Å². The van der Waals surface area contributed by atoms with Crippen LogP contribution in [0.25, 0.3) is 6.08 Å². The van der Waals surface area contributed by atoms with Gasteiger partial charge in [0, 0.05) is 0 Å². The number of ether oxygens (including phenoxy) is 2. The molecule has 0 unspecified atom stereocenters. The second kappa shape index (κ2) is 11.4. The van der Waals surface area contributed by atoms with Crippen molar-refractivity contribution in [3.63, 3.8) is 0 Å². The Bertz CT molecular complexity index is 1520. The van der Waals surface area contributed by atoms with Gasteiger partial charge in [-0.15, -0.1) is 0 Å². The molecule has 0 atom stereocenters. The van der Waals surface area contributed by atoms with Crippen molar-refractivity contribution in [1.82, 2.24) is 5.32 Å². The molecule has 0 aromatic heterocycles. The third-order valence-electron chi connectivity index (χ3n) is 5.68. The maximum atomic E-state index is 13.4. The molecule has 0 radical (unpaired) electrons. The van der Waals surface area contributed by atoms with Crippen LogP contribution in [0.4, 0.5) is 5.69 Å². The van der Waals surface area contributed by atoms with E-state index in [9.17, 15) is 9.59 Å². The first-order chi connectivity index (χ1) is 18.5. The molecular weight excluding hydrogens is 564 g/mol. The molecule has 1 N–H and O–H groups in total. The minimum atomic E-state index is -0.555. The minimum Gasteiger partial charge on any atom is -0.488 e. The molecule has 1 aliphatic rings. The van der Waals surface area contributed by atoms with E-state index in [1.165, 1.54) is 11.0 Å². The average molecular weight is 585 g/mol. The number of rotatable bonds is 7. The molecule has 1 heterocycles. The van der Waals surface area contributed by atoms with Crippen LogP contribution in [0.1, 0.15) is 11.1 Å². The highest BCUT2D eigenvalue weighted by atomic mass is 79.9. The summed E-state index contributed by atoms with van der Waals surface area (Å²) >= 11 is 8.84. The maximum absolute atomic E-state index is 13.4. The quantitative estimate of drug-likeness (QED) is 0.150. The summed E-state index contributed by atoms with van der Waals surface area (Å²) in [4.78, 5) is 27.4. The SMILES string of the molecule is O=C1NC(=S)N(c2ccc(Oc3ccccc3)cc2)C(=O)C1=Cc1ccc(OCc2ccccc2)c(Br)c1. The molecule has 1 saturated heterocycles. The van der Waals surface area contributed by atoms with Gasteiger partial charge in [0.2, 0.25) is 0 Å². The van der Waals surface area contributed by atoms with E-state index in [1.807, 2.05) is 60.7 Å². The van der Waals surface area contributed by atoms with E-state index in [2.05, 4.69) is 21.2 Å². The predicted octanol–water partition coefficient (Wildman–Crippen LogP) is 6.65. The van der Waals surface area contributed by atoms with Gasteiger partial charge in [-0.25, -0.2) is 0 Å². The Hall–Kier alpha value is -4.27. The van der Waals surface area contributed by atoms with E-state index in [0.717, 1.165) is 5.56 Å². The Labute approximate surface area is 233 Å². The van der Waals surface area contributed by atoms with Crippen molar-refractivity contribution in [1.29, 1.82) is 0 Å². The molecule has 4 aromatic rings. The third kappa shape index (κ3) is 5.82. The number of para-hydroxylation sites is 1. The molecule has 2 amide bonds. The molecule has 1 fully saturated rings. The van der Waals surface area contributed by atoms with Crippen molar-refractivity contribution in [2.24, 2.45) is 0 Å². The smallest absolute Gasteiger partial charge is 0.270 e. The monoisotopic (exact) mass is 584 g/mol. The minimum absolute atomic E-state index is 0.0136. The molecule has 38 heavy (non-hydrogen) atoms. The molecule has 5 rings (SSSR count). The van der Waals surface area contributed by atoms with Gasteiger partial charge in [0.1, 0.15) is 29.4 Å². The highest BCUT2D eigenvalue weighted by Crippen LogP contribution is 2.30. The van der Waals surface area contributed by atoms with Crippen LogP contribution in [-0.4, -0.2) is 16.9 Å². The lowest BCUT2D eigenvalue weighted by Crippen LogP contribution is -2.54. The average Bonchev–Trinajstić information content (AvgIpc) is 2.92. The molecule has 4 aromatic carbocycles. The molecule has 0 spiro atoms. The zero-order valence-corrected chi connectivity index (χ0v) is 22.4. The zero-order valence-electron chi connectivity index (χ0n) is 20.0. The van der Waals surface area contributed by atoms with E-state index >= 15 is 0 Å². The number of hydrogen-bond acceptors (Lipinski definition) is 5. The molecule has 188 valence electrons. The number of anilines is 1. The van der Waals surface area contributed by atoms with Gasteiger partial charge in [-0.3, -0.25) is 19.8 Å². The van der Waals surface area contributed by atoms with E-state index in [4.69, 9.17) is 21.7 Å². The zero-order chi connectivity index (χ0) is 26.5. The van der Waals surface area contributed by atoms with Crippen molar-refractivity contribution >= 4 is 56.8 Å². The molecule has 1 aliphatic heterocycles. The third-order valence-corrected chi connectivity index (χ3v) is 6.58. The number of nitrogens with one attached hydrogen (secondary N) is 1. The lowest BCUT2D eigenvalue weighted by molar-refractivity contribution is -0.122. The predicted molar refractivity (Wildman–Crippen MR) is 154 cm³/mol. The molecule has 0 aliphatic carbocycles. The Morgan fingerprint density at radius 2 is 1.50 bits per heavy atom. The topological polar surface area (TPSA) is 67.9 Å². The van der Waals surface area contributed by atoms with Gasteiger partial charge in [0.15, 0.2) is 5.11 Å². The summed E-state index contributed by atoms with van der Waals surface area (Å²) in [5.41, 5.74) is 2.18. The van der Waals surface area contributed by atoms with Crippen LogP contribution in [0.15, 0.2) is 113 Å². The first-order valence-corrected chi connectivity index (χ1v) is 12.9. The van der Waals surface area contributed by atoms with Gasteiger partial charge in [0.25, 0.3) is 11.8 Å². The van der Waals surface area contributed by atoms with Gasteiger partial charge in [-0.05, 0) is 93.9 Å². The molecular formula is C30H21BrN2O4S. The van der Waals surface area contributed by atoms with Crippen molar-refractivity contribution in [3.05, 3.63) is 124 Å². The Kier molecular flexibility index (Phi) is 7.62. The highest BCUT2D eigenvalue weighted by molar-refractivity contribution is 9.10. The number of amides is 2. The lowest BCUT2D eigenvalue weighted by atomic mass is 10.1. The van der Waals surface area contributed by atoms with E-state index in [-0.39, 0.29) is 10.7 Å². The van der Waals surface area contributed by atoms with Crippen molar-refractivity contribution in [2.75, 3.05) is 4.90 Å². The van der Waals surface area contributed by atoms with Crippen LogP contribution < -0.4 is 19.7 Å². The summed E-state index contributed by atoms with van der Waals surface area (Å²) in [6.45, 7) is 0.419. The molecule has 0 bridgehead atoms. The maximum Gasteiger partial charge on any atom is 0.270 e. The number of benzene rings is 4. The Balaban J connectivity index is 1.33. The standard InChI is InChI=1S/C30H21BrN2O4S/c31-26-18-21(11-16-27(26)36-19-20-7-3-1-4-8-20)17-25-28(34)32-30(38)33(29(25)35)22-12-14-24(15-13-22)37-23-9-5-2-6-10-23/h1-18H,19H2,(H,32,34,38). The second-order valence-corrected chi connectivity index (χ2v) is 9.57. The molecule has 0 saturated carbocycles. The van der Waals surface area contributed by atoms with Gasteiger partial charge >= 0.3 is 0 Å². The normalized spacial score (nSPS) is 14.4. The van der Waals surface area contributed by atoms with Gasteiger partial charge in [-0.2, -0.15) is 0 Å². The fraction of sp³-hybridized carbons (Fsp3) is 0.0333. The van der Waals surface area contributed by atoms with Gasteiger partial charge in [-0.1, -0.05) is 54.6 Å². The number of nitrogens with zero attached hydrogens (tertiary/aromatic N) is 1. The van der Waals surface area contributed by atoms with E-state index in [1.54, 1.807) is 42.5 Å². The van der Waals surface area contributed by atoms with Crippen LogP contribution in [-0.2, 0) is 16.2 Å². The Morgan fingerprint density at radius 1 is 0.842 bits per heavy atom. The lowest BCUT2D eigenvalue weighted by Gasteiger charge is -2.29. The van der Waals surface area contributed by atoms with Crippen molar-refractivity contribution < 1.29 is 19.1 Å². The molecule has 8 heteroatoms. The summed E-state index contributed by atoms with van der Waals surface area (Å²) in [6.07, 6.45) is 1.53.